The molecule has 0 bridgehead atoms. The number of carbonyl (C=O) groups is 2. The fourth-order valence-corrected chi connectivity index (χ4v) is 5.43. The van der Waals surface area contributed by atoms with E-state index in [9.17, 15) is 9.59 Å². The lowest BCUT2D eigenvalue weighted by Crippen LogP contribution is -2.24. The number of carboxylic acids is 1. The summed E-state index contributed by atoms with van der Waals surface area (Å²) in [6.07, 6.45) is 51.2. The Balaban J connectivity index is -0.000000824. The standard InChI is InChI=1S/C22H41NO2.C20H36O2.C4H11NO3/c1-4-5-6-7-8-9-10-11-12-13-14-15-16-17-18-19-20-21-22(24)23(2)25-3;1-2-3-4-5-6-7-8-9-10-11-12-13-14-15-16-17-18-19-20(21)22;1-5-8-4(6-2)7-3/h8-9,11-12H,4-7,10,13-21H2,1-3H3;6-7,9-10H,2-5,8,11-19H2,1H3,(H,21,22);4-5H,1-3H3/b9-8-,12-11-;7-6-,10-9-;. The molecule has 0 atom stereocenters. The number of nitrogens with zero attached hydrogens (tertiary/aromatic N) is 1. The molecule has 0 aliphatic heterocycles. The molecule has 1 amide bonds. The lowest BCUT2D eigenvalue weighted by atomic mass is 10.1. The third-order valence-corrected chi connectivity index (χ3v) is 8.91. The predicted octanol–water partition coefficient (Wildman–Crippen LogP) is 13.0. The number of unbranched alkanes of at least 4 members (excludes halogenated alkanes) is 20. The summed E-state index contributed by atoms with van der Waals surface area (Å²) in [6.45, 7) is 3.88. The lowest BCUT2D eigenvalue weighted by Gasteiger charge is -2.12. The van der Waals surface area contributed by atoms with Gasteiger partial charge in [-0.3, -0.25) is 14.4 Å². The number of hydroxylamine groups is 3. The number of nitrogens with one attached hydrogen (secondary N) is 1. The van der Waals surface area contributed by atoms with Crippen LogP contribution in [0.1, 0.15) is 194 Å². The van der Waals surface area contributed by atoms with E-state index in [1.54, 1.807) is 14.1 Å². The van der Waals surface area contributed by atoms with Crippen LogP contribution < -0.4 is 5.48 Å². The van der Waals surface area contributed by atoms with Gasteiger partial charge >= 0.3 is 5.97 Å². The van der Waals surface area contributed by atoms with Gasteiger partial charge < -0.3 is 14.6 Å². The van der Waals surface area contributed by atoms with Crippen LogP contribution in [0.4, 0.5) is 0 Å². The van der Waals surface area contributed by atoms with Crippen LogP contribution >= 0.6 is 0 Å². The van der Waals surface area contributed by atoms with Crippen LogP contribution in [0.5, 0.6) is 0 Å². The van der Waals surface area contributed by atoms with Gasteiger partial charge in [-0.2, -0.15) is 0 Å². The maximum absolute atomic E-state index is 11.5. The average molecular weight is 781 g/mol. The Labute approximate surface area is 339 Å². The Morgan fingerprint density at radius 3 is 1.20 bits per heavy atom. The van der Waals surface area contributed by atoms with Crippen molar-refractivity contribution < 1.29 is 33.8 Å². The van der Waals surface area contributed by atoms with Gasteiger partial charge in [-0.25, -0.2) is 15.4 Å². The third kappa shape index (κ3) is 53.8. The Hall–Kier alpha value is -2.30. The number of carboxylic acid groups (broad SMARTS) is 1. The highest BCUT2D eigenvalue weighted by atomic mass is 16.9. The van der Waals surface area contributed by atoms with Gasteiger partial charge in [0, 0.05) is 41.2 Å². The van der Waals surface area contributed by atoms with Gasteiger partial charge in [0.1, 0.15) is 0 Å². The van der Waals surface area contributed by atoms with E-state index >= 15 is 0 Å². The number of amides is 1. The van der Waals surface area contributed by atoms with Crippen LogP contribution in [-0.4, -0.2) is 63.9 Å². The second kappa shape index (κ2) is 51.7. The summed E-state index contributed by atoms with van der Waals surface area (Å²) in [5, 5.41) is 9.84. The second-order valence-corrected chi connectivity index (χ2v) is 13.9. The molecule has 9 heteroatoms. The molecule has 55 heavy (non-hydrogen) atoms. The zero-order valence-corrected chi connectivity index (χ0v) is 36.8. The highest BCUT2D eigenvalue weighted by Gasteiger charge is 2.06. The molecular weight excluding hydrogens is 693 g/mol. The van der Waals surface area contributed by atoms with Crippen LogP contribution in [0.15, 0.2) is 48.6 Å². The summed E-state index contributed by atoms with van der Waals surface area (Å²) in [5.74, 6) is -0.590. The third-order valence-electron chi connectivity index (χ3n) is 8.91. The second-order valence-electron chi connectivity index (χ2n) is 13.9. The number of aliphatic carboxylic acids is 1. The van der Waals surface area contributed by atoms with Crippen LogP contribution in [0, 0.1) is 0 Å². The molecule has 0 aliphatic carbocycles. The van der Waals surface area contributed by atoms with Gasteiger partial charge in [0.25, 0.3) is 6.48 Å². The van der Waals surface area contributed by atoms with E-state index in [1.807, 2.05) is 0 Å². The number of hydrogen-bond acceptors (Lipinski definition) is 7. The molecule has 0 unspecified atom stereocenters. The van der Waals surface area contributed by atoms with E-state index in [-0.39, 0.29) is 5.91 Å². The van der Waals surface area contributed by atoms with Crippen LogP contribution in [0.3, 0.4) is 0 Å². The Bertz CT molecular complexity index is 888. The Morgan fingerprint density at radius 2 is 0.891 bits per heavy atom. The highest BCUT2D eigenvalue weighted by molar-refractivity contribution is 5.74. The summed E-state index contributed by atoms with van der Waals surface area (Å²) >= 11 is 0. The fraction of sp³-hybridized carbons (Fsp3) is 0.783. The van der Waals surface area contributed by atoms with Crippen molar-refractivity contribution >= 4 is 11.9 Å². The molecule has 2 N–H and O–H groups in total. The molecule has 0 saturated carbocycles. The van der Waals surface area contributed by atoms with Gasteiger partial charge in [0.05, 0.1) is 7.11 Å². The Morgan fingerprint density at radius 1 is 0.545 bits per heavy atom. The van der Waals surface area contributed by atoms with Crippen LogP contribution in [0.25, 0.3) is 0 Å². The average Bonchev–Trinajstić information content (AvgIpc) is 3.19. The quantitative estimate of drug-likeness (QED) is 0.0278. The summed E-state index contributed by atoms with van der Waals surface area (Å²) in [5.41, 5.74) is 2.42. The van der Waals surface area contributed by atoms with Crippen molar-refractivity contribution in [3.05, 3.63) is 48.6 Å². The van der Waals surface area contributed by atoms with E-state index in [1.165, 1.54) is 155 Å². The summed E-state index contributed by atoms with van der Waals surface area (Å²) in [4.78, 5) is 31.4. The zero-order valence-electron chi connectivity index (χ0n) is 36.8. The molecule has 0 fully saturated rings. The number of allylic oxidation sites excluding steroid dienone is 8. The number of ether oxygens (including phenoxy) is 2. The first-order valence-electron chi connectivity index (χ1n) is 21.8. The molecule has 0 rings (SSSR count). The highest BCUT2D eigenvalue weighted by Crippen LogP contribution is 2.12. The molecule has 0 aromatic carbocycles. The molecule has 0 radical (unpaired) electrons. The van der Waals surface area contributed by atoms with Gasteiger partial charge in [-0.1, -0.05) is 152 Å². The largest absolute Gasteiger partial charge is 0.481 e. The smallest absolute Gasteiger partial charge is 0.303 e. The molecule has 0 saturated heterocycles. The van der Waals surface area contributed by atoms with Crippen molar-refractivity contribution in [2.75, 3.05) is 35.4 Å². The molecular formula is C46H88N2O7. The van der Waals surface area contributed by atoms with E-state index < -0.39 is 12.4 Å². The lowest BCUT2D eigenvalue weighted by molar-refractivity contribution is -0.287. The number of hydrogen-bond donors (Lipinski definition) is 2. The summed E-state index contributed by atoms with van der Waals surface area (Å²) in [6, 6.07) is 0. The number of carbonyl (C=O) groups excluding carboxylic acids is 1. The molecule has 0 aromatic heterocycles. The SMILES string of the molecule is CCCCC/C=C\C/C=C\CCCCCCCCCC(=O)N(C)OC.CCCCC/C=C\C/C=C\CCCCCCCCCC(=O)O.CNOC(OC)OC. The van der Waals surface area contributed by atoms with Crippen LogP contribution in [0.2, 0.25) is 0 Å². The maximum Gasteiger partial charge on any atom is 0.303 e. The normalized spacial score (nSPS) is 11.5. The van der Waals surface area contributed by atoms with E-state index in [2.05, 4.69) is 82.2 Å². The molecule has 0 aromatic rings. The minimum atomic E-state index is -0.664. The van der Waals surface area contributed by atoms with Crippen molar-refractivity contribution in [3.8, 4) is 0 Å². The molecule has 0 heterocycles. The summed E-state index contributed by atoms with van der Waals surface area (Å²) in [7, 11) is 7.81. The number of rotatable bonds is 37. The first-order valence-corrected chi connectivity index (χ1v) is 21.8. The zero-order chi connectivity index (χ0) is 41.3. The molecule has 9 nitrogen and oxygen atoms in total. The van der Waals surface area contributed by atoms with Crippen molar-refractivity contribution in [3.63, 3.8) is 0 Å². The first kappa shape index (κ1) is 57.0. The van der Waals surface area contributed by atoms with Gasteiger partial charge in [0.2, 0.25) is 5.91 Å². The maximum atomic E-state index is 11.5. The van der Waals surface area contributed by atoms with Gasteiger partial charge in [-0.05, 0) is 77.0 Å². The van der Waals surface area contributed by atoms with Gasteiger partial charge in [-0.15, -0.1) is 0 Å². The minimum Gasteiger partial charge on any atom is -0.481 e. The van der Waals surface area contributed by atoms with E-state index in [4.69, 9.17) is 9.94 Å². The minimum absolute atomic E-state index is 0.0742. The molecule has 324 valence electrons. The van der Waals surface area contributed by atoms with Crippen molar-refractivity contribution in [2.24, 2.45) is 0 Å². The molecule has 0 spiro atoms. The monoisotopic (exact) mass is 781 g/mol. The van der Waals surface area contributed by atoms with Gasteiger partial charge in [0.15, 0.2) is 0 Å². The van der Waals surface area contributed by atoms with E-state index in [0.717, 1.165) is 38.5 Å². The van der Waals surface area contributed by atoms with E-state index in [0.29, 0.717) is 12.8 Å². The fourth-order valence-electron chi connectivity index (χ4n) is 5.43. The topological polar surface area (TPSA) is 107 Å². The summed E-state index contributed by atoms with van der Waals surface area (Å²) < 4.78 is 9.27. The number of methoxy groups -OCH3 is 2. The van der Waals surface area contributed by atoms with Crippen LogP contribution in [-0.2, 0) is 28.7 Å². The predicted molar refractivity (Wildman–Crippen MR) is 233 cm³/mol. The Kier molecular flexibility index (Phi) is 53.6. The first-order chi connectivity index (χ1) is 26.8. The molecule has 0 aliphatic rings. The van der Waals surface area contributed by atoms with Crippen molar-refractivity contribution in [2.45, 2.75) is 200 Å². The van der Waals surface area contributed by atoms with Crippen molar-refractivity contribution in [1.82, 2.24) is 10.5 Å². The van der Waals surface area contributed by atoms with Crippen molar-refractivity contribution in [1.29, 1.82) is 0 Å².